The van der Waals surface area contributed by atoms with Crippen LogP contribution in [0.1, 0.15) is 6.92 Å². The summed E-state index contributed by atoms with van der Waals surface area (Å²) in [5.41, 5.74) is 2.96. The molecule has 0 aromatic rings. The standard InChI is InChI=1S/C8H9O.ClH.Zn/c1-7-5-3-4-6-8(7)9-2;;/h4-6H,1-2H3;1H;/p-1. The molecule has 0 saturated heterocycles. The second kappa shape index (κ2) is 6.67. The third-order valence-electron chi connectivity index (χ3n) is 1.24. The fourth-order valence-corrected chi connectivity index (χ4v) is 0.729. The Kier molecular flexibility index (Phi) is 8.22. The Bertz CT molecular complexity index is 192. The second-order valence-electron chi connectivity index (χ2n) is 1.90. The van der Waals surface area contributed by atoms with Gasteiger partial charge in [0.25, 0.3) is 0 Å². The first-order valence-corrected chi connectivity index (χ1v) is 2.85. The molecule has 57 valence electrons. The Hall–Kier alpha value is -0.0266. The van der Waals surface area contributed by atoms with E-state index in [0.29, 0.717) is 0 Å². The molecule has 0 N–H and O–H groups in total. The zero-order chi connectivity index (χ0) is 6.69. The van der Waals surface area contributed by atoms with Gasteiger partial charge in [-0.2, -0.15) is 0 Å². The minimum atomic E-state index is 0. The number of hydrogen-bond donors (Lipinski definition) is 0. The number of allylic oxidation sites excluding steroid dienone is 2. The second-order valence-corrected chi connectivity index (χ2v) is 1.90. The Morgan fingerprint density at radius 1 is 1.45 bits per heavy atom. The van der Waals surface area contributed by atoms with Crippen LogP contribution < -0.4 is 12.4 Å². The van der Waals surface area contributed by atoms with Crippen molar-refractivity contribution in [1.29, 1.82) is 0 Å². The molecule has 0 amide bonds. The molecule has 0 unspecified atom stereocenters. The third kappa shape index (κ3) is 3.77. The molecule has 1 rings (SSSR count). The molecule has 0 heterocycles. The van der Waals surface area contributed by atoms with E-state index < -0.39 is 0 Å². The number of hydrogen-bond acceptors (Lipinski definition) is 1. The van der Waals surface area contributed by atoms with Crippen LogP contribution in [0.4, 0.5) is 0 Å². The zero-order valence-corrected chi connectivity index (χ0v) is 10.4. The van der Waals surface area contributed by atoms with E-state index >= 15 is 0 Å². The summed E-state index contributed by atoms with van der Waals surface area (Å²) in [5, 5.41) is 0. The average molecular weight is 222 g/mol. The average Bonchev–Trinajstić information content (AvgIpc) is 1.89. The van der Waals surface area contributed by atoms with Crippen molar-refractivity contribution in [3.8, 4) is 0 Å². The molecule has 1 aliphatic rings. The first-order valence-electron chi connectivity index (χ1n) is 2.85. The van der Waals surface area contributed by atoms with E-state index in [9.17, 15) is 0 Å². The van der Waals surface area contributed by atoms with Gasteiger partial charge in [0.2, 0.25) is 0 Å². The molecule has 3 heteroatoms. The molecule has 0 spiro atoms. The van der Waals surface area contributed by atoms with Crippen molar-refractivity contribution in [3.63, 3.8) is 0 Å². The molecule has 0 bridgehead atoms. The van der Waals surface area contributed by atoms with E-state index in [-0.39, 0.29) is 31.9 Å². The molecule has 0 aromatic heterocycles. The minimum absolute atomic E-state index is 0. The fraction of sp³-hybridized carbons (Fsp3) is 0.250. The number of halogens is 1. The SMILES string of the molecule is COC1=CC=C=C[C]1C.[Cl-].[Zn]. The minimum Gasteiger partial charge on any atom is -1.00 e. The molecule has 0 fully saturated rings. The van der Waals surface area contributed by atoms with E-state index in [2.05, 4.69) is 5.73 Å². The predicted molar refractivity (Wildman–Crippen MR) is 36.7 cm³/mol. The van der Waals surface area contributed by atoms with Crippen LogP contribution in [0.2, 0.25) is 0 Å². The van der Waals surface area contributed by atoms with Crippen LogP contribution in [-0.2, 0) is 24.2 Å². The summed E-state index contributed by atoms with van der Waals surface area (Å²) in [6, 6.07) is 0. The molecule has 11 heavy (non-hydrogen) atoms. The van der Waals surface area contributed by atoms with Gasteiger partial charge in [0.1, 0.15) is 5.76 Å². The maximum atomic E-state index is 5.02. The summed E-state index contributed by atoms with van der Waals surface area (Å²) in [7, 11) is 1.67. The van der Waals surface area contributed by atoms with Crippen molar-refractivity contribution >= 4 is 0 Å². The summed E-state index contributed by atoms with van der Waals surface area (Å²) in [6.07, 6.45) is 5.64. The van der Waals surface area contributed by atoms with Gasteiger partial charge in [0.15, 0.2) is 0 Å². The monoisotopic (exact) mass is 220 g/mol. The van der Waals surface area contributed by atoms with Crippen LogP contribution in [0.25, 0.3) is 0 Å². The van der Waals surface area contributed by atoms with Crippen molar-refractivity contribution in [2.75, 3.05) is 7.11 Å². The Balaban J connectivity index is 0. The van der Waals surface area contributed by atoms with Crippen molar-refractivity contribution in [3.05, 3.63) is 35.6 Å². The summed E-state index contributed by atoms with van der Waals surface area (Å²) in [6.45, 7) is 2.00. The molecule has 1 nitrogen and oxygen atoms in total. The van der Waals surface area contributed by atoms with Crippen molar-refractivity contribution in [2.45, 2.75) is 6.92 Å². The van der Waals surface area contributed by atoms with Crippen molar-refractivity contribution in [1.82, 2.24) is 0 Å². The van der Waals surface area contributed by atoms with Gasteiger partial charge >= 0.3 is 0 Å². The van der Waals surface area contributed by atoms with Gasteiger partial charge in [0.05, 0.1) is 13.0 Å². The van der Waals surface area contributed by atoms with E-state index in [1.54, 1.807) is 7.11 Å². The molecule has 0 atom stereocenters. The first kappa shape index (κ1) is 13.6. The van der Waals surface area contributed by atoms with Gasteiger partial charge < -0.3 is 17.1 Å². The number of ether oxygens (including phenoxy) is 1. The molecule has 0 saturated carbocycles. The summed E-state index contributed by atoms with van der Waals surface area (Å²) in [4.78, 5) is 0. The first-order chi connectivity index (χ1) is 4.34. The van der Waals surface area contributed by atoms with Crippen LogP contribution in [0, 0.1) is 5.92 Å². The van der Waals surface area contributed by atoms with E-state index in [1.807, 2.05) is 25.2 Å². The summed E-state index contributed by atoms with van der Waals surface area (Å²) in [5.74, 6) is 2.05. The van der Waals surface area contributed by atoms with Crippen LogP contribution in [0.3, 0.4) is 0 Å². The number of methoxy groups -OCH3 is 1. The van der Waals surface area contributed by atoms with Crippen molar-refractivity contribution in [2.24, 2.45) is 0 Å². The summed E-state index contributed by atoms with van der Waals surface area (Å²) >= 11 is 0. The van der Waals surface area contributed by atoms with Gasteiger partial charge in [-0.3, -0.25) is 0 Å². The van der Waals surface area contributed by atoms with E-state index in [1.165, 1.54) is 0 Å². The third-order valence-corrected chi connectivity index (χ3v) is 1.24. The number of rotatable bonds is 1. The Morgan fingerprint density at radius 2 is 2.09 bits per heavy atom. The molecule has 1 aliphatic carbocycles. The Labute approximate surface area is 86.4 Å². The van der Waals surface area contributed by atoms with Crippen LogP contribution in [-0.4, -0.2) is 7.11 Å². The maximum absolute atomic E-state index is 5.02. The quantitative estimate of drug-likeness (QED) is 0.401. The van der Waals surface area contributed by atoms with Crippen molar-refractivity contribution < 1.29 is 36.6 Å². The largest absolute Gasteiger partial charge is 1.00 e. The van der Waals surface area contributed by atoms with E-state index in [0.717, 1.165) is 11.7 Å². The van der Waals surface area contributed by atoms with Gasteiger partial charge in [-0.15, -0.1) is 5.73 Å². The molecule has 0 aliphatic heterocycles. The molecule has 0 aromatic carbocycles. The van der Waals surface area contributed by atoms with Gasteiger partial charge in [-0.05, 0) is 25.2 Å². The van der Waals surface area contributed by atoms with E-state index in [4.69, 9.17) is 4.74 Å². The van der Waals surface area contributed by atoms with Gasteiger partial charge in [0, 0.05) is 19.5 Å². The van der Waals surface area contributed by atoms with Crippen LogP contribution in [0.15, 0.2) is 29.7 Å². The smallest absolute Gasteiger partial charge is 0.108 e. The van der Waals surface area contributed by atoms with Gasteiger partial charge in [-0.1, -0.05) is 0 Å². The Morgan fingerprint density at radius 3 is 2.45 bits per heavy atom. The van der Waals surface area contributed by atoms with Crippen LogP contribution >= 0.6 is 0 Å². The topological polar surface area (TPSA) is 9.23 Å². The molecular formula is C8H9ClOZn-. The van der Waals surface area contributed by atoms with Crippen LogP contribution in [0.5, 0.6) is 0 Å². The molecule has 1 radical (unpaired) electrons. The summed E-state index contributed by atoms with van der Waals surface area (Å²) < 4.78 is 5.02. The van der Waals surface area contributed by atoms with Gasteiger partial charge in [-0.25, -0.2) is 0 Å². The normalized spacial score (nSPS) is 14.5. The fourth-order valence-electron chi connectivity index (χ4n) is 0.729. The zero-order valence-electron chi connectivity index (χ0n) is 6.73. The molecular weight excluding hydrogens is 213 g/mol. The predicted octanol–water partition coefficient (Wildman–Crippen LogP) is -1.16. The maximum Gasteiger partial charge on any atom is 0.108 e.